The molecule has 3 aliphatic rings. The summed E-state index contributed by atoms with van der Waals surface area (Å²) in [7, 11) is -4.50. The maximum Gasteiger partial charge on any atom is 0.490 e. The lowest BCUT2D eigenvalue weighted by Crippen LogP contribution is -2.54. The van der Waals surface area contributed by atoms with E-state index in [9.17, 15) is 61.5 Å². The molecule has 0 unspecified atom stereocenters. The number of nitrogens with zero attached hydrogens (tertiary/aromatic N) is 1. The van der Waals surface area contributed by atoms with Crippen LogP contribution >= 0.6 is 0 Å². The Balaban J connectivity index is 0.000000671. The highest BCUT2D eigenvalue weighted by Gasteiger charge is 2.74. The van der Waals surface area contributed by atoms with E-state index < -0.39 is 62.2 Å². The highest BCUT2D eigenvalue weighted by molar-refractivity contribution is 7.92. The zero-order valence-corrected chi connectivity index (χ0v) is 25.3. The quantitative estimate of drug-likeness (QED) is 0.298. The van der Waals surface area contributed by atoms with Gasteiger partial charge in [0.1, 0.15) is 10.6 Å². The summed E-state index contributed by atoms with van der Waals surface area (Å²) < 4.78 is 168. The molecule has 19 heteroatoms. The Labute approximate surface area is 266 Å². The van der Waals surface area contributed by atoms with Gasteiger partial charge in [0.05, 0.1) is 10.9 Å². The van der Waals surface area contributed by atoms with E-state index in [4.69, 9.17) is 9.90 Å². The largest absolute Gasteiger partial charge is 0.490 e. The van der Waals surface area contributed by atoms with Crippen molar-refractivity contribution >= 4 is 21.7 Å². The summed E-state index contributed by atoms with van der Waals surface area (Å²) in [6, 6.07) is 4.46. The minimum atomic E-state index is -6.33. The van der Waals surface area contributed by atoms with Crippen LogP contribution in [-0.2, 0) is 36.3 Å². The summed E-state index contributed by atoms with van der Waals surface area (Å²) in [6.07, 6.45) is -17.2. The molecule has 5 rings (SSSR count). The predicted molar refractivity (Wildman–Crippen MR) is 144 cm³/mol. The van der Waals surface area contributed by atoms with Crippen LogP contribution in [0.2, 0.25) is 0 Å². The van der Waals surface area contributed by atoms with Crippen LogP contribution in [0.15, 0.2) is 47.4 Å². The highest BCUT2D eigenvalue weighted by Crippen LogP contribution is 2.57. The monoisotopic (exact) mass is 724 g/mol. The first-order valence-electron chi connectivity index (χ1n) is 14.3. The Morgan fingerprint density at radius 1 is 0.854 bits per heavy atom. The number of nitrogens with one attached hydrogen (secondary N) is 1. The van der Waals surface area contributed by atoms with Gasteiger partial charge in [-0.3, -0.25) is 4.79 Å². The van der Waals surface area contributed by atoms with Crippen molar-refractivity contribution < 1.29 is 71.4 Å². The van der Waals surface area contributed by atoms with Crippen LogP contribution in [0.1, 0.15) is 42.4 Å². The zero-order valence-electron chi connectivity index (χ0n) is 24.4. The lowest BCUT2D eigenvalue weighted by molar-refractivity contribution is -0.348. The Bertz CT molecular complexity index is 1620. The van der Waals surface area contributed by atoms with Crippen molar-refractivity contribution in [1.29, 1.82) is 0 Å². The van der Waals surface area contributed by atoms with Crippen molar-refractivity contribution in [2.24, 2.45) is 5.92 Å². The molecular weight excluding hydrogens is 697 g/mol. The number of hydrogen-bond donors (Lipinski definition) is 2. The number of carboxylic acid groups (broad SMARTS) is 1. The topological polar surface area (TPSA) is 104 Å². The predicted octanol–water partition coefficient (Wildman–Crippen LogP) is 5.96. The second kappa shape index (κ2) is 12.8. The SMILES string of the molecule is O=C(C1CCNCC1)N1CC[C@@]2(S(=O)(=O)c3ccc(F)cc3)c3ccc(C(F)(C(F)(F)F)C(F)(F)F)cc3CC[C@@H]12.O=C(O)C(F)(F)F. The van der Waals surface area contributed by atoms with E-state index in [1.54, 1.807) is 0 Å². The minimum absolute atomic E-state index is 0.0206. The number of aliphatic carboxylic acids is 1. The molecule has 0 radical (unpaired) electrons. The first-order chi connectivity index (χ1) is 22.0. The molecule has 7 nitrogen and oxygen atoms in total. The normalized spacial score (nSPS) is 22.3. The summed E-state index contributed by atoms with van der Waals surface area (Å²) in [5, 5.41) is 10.3. The molecule has 266 valence electrons. The Morgan fingerprint density at radius 3 is 1.90 bits per heavy atom. The van der Waals surface area contributed by atoms with Crippen LogP contribution in [0, 0.1) is 11.7 Å². The molecule has 1 amide bonds. The summed E-state index contributed by atoms with van der Waals surface area (Å²) in [4.78, 5) is 23.6. The number of aryl methyl sites for hydroxylation is 1. The molecule has 2 atom stereocenters. The number of amides is 1. The number of benzene rings is 2. The van der Waals surface area contributed by atoms with Gasteiger partial charge in [-0.1, -0.05) is 18.2 Å². The van der Waals surface area contributed by atoms with Crippen molar-refractivity contribution in [3.05, 3.63) is 65.0 Å². The van der Waals surface area contributed by atoms with E-state index in [0.29, 0.717) is 38.1 Å². The van der Waals surface area contributed by atoms with Gasteiger partial charge < -0.3 is 15.3 Å². The number of hydrogen-bond acceptors (Lipinski definition) is 5. The van der Waals surface area contributed by atoms with Gasteiger partial charge in [0.2, 0.25) is 5.91 Å². The smallest absolute Gasteiger partial charge is 0.475 e. The minimum Gasteiger partial charge on any atom is -0.475 e. The molecule has 0 saturated carbocycles. The molecule has 1 aliphatic carbocycles. The van der Waals surface area contributed by atoms with E-state index >= 15 is 0 Å². The Kier molecular flexibility index (Phi) is 9.93. The van der Waals surface area contributed by atoms with Gasteiger partial charge in [0.25, 0.3) is 0 Å². The summed E-state index contributed by atoms with van der Waals surface area (Å²) in [5.74, 6) is -4.13. The van der Waals surface area contributed by atoms with Crippen molar-refractivity contribution in [3.8, 4) is 0 Å². The fourth-order valence-electron chi connectivity index (χ4n) is 6.62. The van der Waals surface area contributed by atoms with Gasteiger partial charge in [-0.05, 0) is 80.6 Å². The van der Waals surface area contributed by atoms with Gasteiger partial charge in [0.15, 0.2) is 9.84 Å². The van der Waals surface area contributed by atoms with E-state index in [-0.39, 0.29) is 53.7 Å². The van der Waals surface area contributed by atoms with E-state index in [1.807, 2.05) is 0 Å². The summed E-state index contributed by atoms with van der Waals surface area (Å²) >= 11 is 0. The fourth-order valence-corrected chi connectivity index (χ4v) is 8.99. The second-order valence-corrected chi connectivity index (χ2v) is 13.7. The summed E-state index contributed by atoms with van der Waals surface area (Å²) in [6.45, 7) is 1.15. The number of likely N-dealkylation sites (tertiary alicyclic amines) is 1. The van der Waals surface area contributed by atoms with Crippen LogP contribution in [0.3, 0.4) is 0 Å². The third kappa shape index (κ3) is 6.34. The molecule has 0 bridgehead atoms. The number of carbonyl (C=O) groups is 2. The van der Waals surface area contributed by atoms with Crippen LogP contribution in [-0.4, -0.2) is 74.5 Å². The van der Waals surface area contributed by atoms with Crippen LogP contribution in [0.4, 0.5) is 48.3 Å². The number of rotatable bonds is 4. The molecule has 48 heavy (non-hydrogen) atoms. The maximum absolute atomic E-state index is 14.9. The van der Waals surface area contributed by atoms with Gasteiger partial charge in [-0.25, -0.2) is 22.0 Å². The van der Waals surface area contributed by atoms with Crippen LogP contribution in [0.5, 0.6) is 0 Å². The molecule has 2 aliphatic heterocycles. The number of halogens is 11. The maximum atomic E-state index is 14.9. The summed E-state index contributed by atoms with van der Waals surface area (Å²) in [5.41, 5.74) is -7.66. The lowest BCUT2D eigenvalue weighted by Gasteiger charge is -2.43. The second-order valence-electron chi connectivity index (χ2n) is 11.5. The van der Waals surface area contributed by atoms with Crippen molar-refractivity contribution in [2.75, 3.05) is 19.6 Å². The van der Waals surface area contributed by atoms with Crippen molar-refractivity contribution in [1.82, 2.24) is 10.2 Å². The number of fused-ring (bicyclic) bond motifs is 3. The number of sulfone groups is 1. The van der Waals surface area contributed by atoms with Crippen LogP contribution < -0.4 is 5.32 Å². The standard InChI is InChI=1S/C27H26F8N2O3S.C2HF3O2/c28-19-3-5-20(6-4-19)41(39,40)24-11-14-37(23(38)16-9-12-36-13-10-16)22(24)8-1-17-15-18(2-7-21(17)24)25(29,26(30,31)32)27(33,34)35;3-2(4,5)1(6)7/h2-7,15-16,22,36H,1,8-14H2;(H,6,7)/t22-,24-;/m1./s1. The number of piperidine rings is 1. The fraction of sp³-hybridized carbons (Fsp3) is 0.517. The molecule has 2 aromatic rings. The Hall–Kier alpha value is -3.48. The molecule has 0 aromatic heterocycles. The molecular formula is C29H27F11N2O5S. The molecule has 2 N–H and O–H groups in total. The highest BCUT2D eigenvalue weighted by atomic mass is 32.2. The van der Waals surface area contributed by atoms with E-state index in [0.717, 1.165) is 30.3 Å². The van der Waals surface area contributed by atoms with Crippen molar-refractivity contribution in [2.45, 2.75) is 72.0 Å². The zero-order chi connectivity index (χ0) is 36.1. The number of alkyl halides is 10. The third-order valence-corrected chi connectivity index (χ3v) is 11.4. The van der Waals surface area contributed by atoms with E-state index in [1.165, 1.54) is 4.90 Å². The van der Waals surface area contributed by atoms with Gasteiger partial charge in [-0.15, -0.1) is 0 Å². The first kappa shape index (κ1) is 37.3. The van der Waals surface area contributed by atoms with E-state index in [2.05, 4.69) is 5.32 Å². The number of carboxylic acids is 1. The third-order valence-electron chi connectivity index (χ3n) is 8.88. The van der Waals surface area contributed by atoms with Gasteiger partial charge in [-0.2, -0.15) is 39.5 Å². The first-order valence-corrected chi connectivity index (χ1v) is 15.8. The average Bonchev–Trinajstić information content (AvgIpc) is 3.41. The Morgan fingerprint density at radius 2 is 1.40 bits per heavy atom. The molecule has 2 fully saturated rings. The van der Waals surface area contributed by atoms with Gasteiger partial charge in [0, 0.05) is 18.0 Å². The number of carbonyl (C=O) groups excluding carboxylic acids is 1. The van der Waals surface area contributed by atoms with Crippen molar-refractivity contribution in [3.63, 3.8) is 0 Å². The molecule has 0 spiro atoms. The molecule has 2 aromatic carbocycles. The lowest BCUT2D eigenvalue weighted by atomic mass is 9.76. The van der Waals surface area contributed by atoms with Gasteiger partial charge >= 0.3 is 30.2 Å². The average molecular weight is 725 g/mol. The molecule has 2 saturated heterocycles. The molecule has 2 heterocycles. The van der Waals surface area contributed by atoms with Crippen LogP contribution in [0.25, 0.3) is 0 Å².